The maximum atomic E-state index is 13.5. The molecule has 2 aromatic rings. The normalized spacial score (nSPS) is 24.0. The predicted molar refractivity (Wildman–Crippen MR) is 114 cm³/mol. The summed E-state index contributed by atoms with van der Waals surface area (Å²) >= 11 is 0. The van der Waals surface area contributed by atoms with E-state index in [1.54, 1.807) is 0 Å². The number of aliphatic carboxylic acids is 2. The minimum absolute atomic E-state index is 0.00370. The Hall–Kier alpha value is -3.39. The molecule has 168 valence electrons. The lowest BCUT2D eigenvalue weighted by Gasteiger charge is -2.45. The molecule has 2 N–H and O–H groups in total. The lowest BCUT2D eigenvalue weighted by Crippen LogP contribution is -2.53. The molecule has 3 saturated heterocycles. The molecule has 6 rings (SSSR count). The van der Waals surface area contributed by atoms with Gasteiger partial charge in [0.2, 0.25) is 0 Å². The summed E-state index contributed by atoms with van der Waals surface area (Å²) in [4.78, 5) is 34.1. The fraction of sp³-hybridized carbons (Fsp3) is 0.375. The number of hydrogen-bond acceptors (Lipinski definition) is 6. The van der Waals surface area contributed by atoms with Gasteiger partial charge < -0.3 is 19.7 Å². The maximum Gasteiger partial charge on any atom is 0.414 e. The van der Waals surface area contributed by atoms with E-state index in [9.17, 15) is 4.79 Å². The Bertz CT molecular complexity index is 985. The molecule has 8 nitrogen and oxygen atoms in total. The molecular formula is C24H25NO7. The van der Waals surface area contributed by atoms with Crippen molar-refractivity contribution < 1.29 is 34.1 Å². The number of para-hydroxylation sites is 2. The molecule has 32 heavy (non-hydrogen) atoms. The standard InChI is InChI=1S/C22H23NO3.C2H2O4/c1-22(21(24)26-20-14-23-12-10-15(20)11-13-23)16-6-2-4-8-18(16)25-19-9-5-3-7-17(19)22;3-1(4)2(5)6/h2-9,15,20H,10-14H2,1H3;(H,3,4)(H,5,6)/t20-;/m0./s1. The number of carboxylic acid groups (broad SMARTS) is 2. The molecule has 1 atom stereocenters. The predicted octanol–water partition coefficient (Wildman–Crippen LogP) is 2.89. The number of ether oxygens (including phenoxy) is 2. The molecule has 4 heterocycles. The first-order chi connectivity index (χ1) is 15.3. The van der Waals surface area contributed by atoms with Crippen LogP contribution in [0.1, 0.15) is 30.9 Å². The monoisotopic (exact) mass is 439 g/mol. The number of carbonyl (C=O) groups excluding carboxylic acids is 1. The first kappa shape index (κ1) is 21.8. The Balaban J connectivity index is 0.000000363. The number of benzene rings is 2. The molecule has 4 aliphatic heterocycles. The third kappa shape index (κ3) is 3.93. The summed E-state index contributed by atoms with van der Waals surface area (Å²) < 4.78 is 12.2. The summed E-state index contributed by atoms with van der Waals surface area (Å²) in [6.45, 7) is 5.11. The number of piperidine rings is 3. The van der Waals surface area contributed by atoms with E-state index in [-0.39, 0.29) is 12.1 Å². The SMILES string of the molecule is CC1(C(=O)O[C@H]2CN3CCC2CC3)c2ccccc2Oc2ccccc21.O=C(O)C(=O)O. The first-order valence-electron chi connectivity index (χ1n) is 10.6. The molecule has 8 heteroatoms. The molecule has 0 amide bonds. The van der Waals surface area contributed by atoms with Crippen LogP contribution in [0, 0.1) is 5.92 Å². The lowest BCUT2D eigenvalue weighted by atomic mass is 9.74. The molecule has 2 aromatic carbocycles. The highest BCUT2D eigenvalue weighted by Gasteiger charge is 2.48. The van der Waals surface area contributed by atoms with E-state index in [2.05, 4.69) is 4.90 Å². The summed E-state index contributed by atoms with van der Waals surface area (Å²) in [6, 6.07) is 15.6. The number of carbonyl (C=O) groups is 3. The Morgan fingerprint density at radius 2 is 1.44 bits per heavy atom. The Morgan fingerprint density at radius 1 is 0.938 bits per heavy atom. The van der Waals surface area contributed by atoms with Gasteiger partial charge in [-0.3, -0.25) is 9.69 Å². The summed E-state index contributed by atoms with van der Waals surface area (Å²) in [7, 11) is 0. The van der Waals surface area contributed by atoms with Gasteiger partial charge >= 0.3 is 17.9 Å². The average molecular weight is 439 g/mol. The number of hydrogen-bond donors (Lipinski definition) is 2. The Morgan fingerprint density at radius 3 is 1.88 bits per heavy atom. The van der Waals surface area contributed by atoms with Crippen LogP contribution in [0.15, 0.2) is 48.5 Å². The maximum absolute atomic E-state index is 13.5. The number of nitrogens with zero attached hydrogens (tertiary/aromatic N) is 1. The van der Waals surface area contributed by atoms with Crippen molar-refractivity contribution in [2.24, 2.45) is 5.92 Å². The molecule has 0 saturated carbocycles. The lowest BCUT2D eigenvalue weighted by molar-refractivity contribution is -0.163. The van der Waals surface area contributed by atoms with Gasteiger partial charge in [-0.2, -0.15) is 0 Å². The third-order valence-corrected chi connectivity index (χ3v) is 6.52. The summed E-state index contributed by atoms with van der Waals surface area (Å²) in [5.41, 5.74) is 0.909. The quantitative estimate of drug-likeness (QED) is 0.543. The van der Waals surface area contributed by atoms with Gasteiger partial charge in [0.25, 0.3) is 0 Å². The van der Waals surface area contributed by atoms with Crippen molar-refractivity contribution in [3.05, 3.63) is 59.7 Å². The van der Waals surface area contributed by atoms with E-state index in [1.165, 1.54) is 0 Å². The van der Waals surface area contributed by atoms with Crippen LogP contribution >= 0.6 is 0 Å². The highest BCUT2D eigenvalue weighted by molar-refractivity contribution is 6.27. The van der Waals surface area contributed by atoms with Gasteiger partial charge in [0.05, 0.1) is 0 Å². The fourth-order valence-electron chi connectivity index (χ4n) is 4.72. The second-order valence-corrected chi connectivity index (χ2v) is 8.41. The van der Waals surface area contributed by atoms with Crippen molar-refractivity contribution >= 4 is 17.9 Å². The van der Waals surface area contributed by atoms with Crippen LogP contribution in [0.3, 0.4) is 0 Å². The number of carboxylic acids is 2. The van der Waals surface area contributed by atoms with Crippen LogP contribution in [0.25, 0.3) is 0 Å². The van der Waals surface area contributed by atoms with Crippen molar-refractivity contribution in [3.63, 3.8) is 0 Å². The highest BCUT2D eigenvalue weighted by Crippen LogP contribution is 2.49. The Kier molecular flexibility index (Phi) is 5.88. The van der Waals surface area contributed by atoms with Gasteiger partial charge in [0.1, 0.15) is 23.0 Å². The van der Waals surface area contributed by atoms with Gasteiger partial charge in [-0.15, -0.1) is 0 Å². The summed E-state index contributed by atoms with van der Waals surface area (Å²) in [5, 5.41) is 14.8. The smallest absolute Gasteiger partial charge is 0.414 e. The van der Waals surface area contributed by atoms with Gasteiger partial charge in [-0.25, -0.2) is 9.59 Å². The van der Waals surface area contributed by atoms with Crippen molar-refractivity contribution in [1.82, 2.24) is 4.90 Å². The van der Waals surface area contributed by atoms with E-state index < -0.39 is 17.4 Å². The van der Waals surface area contributed by atoms with Gasteiger partial charge in [-0.1, -0.05) is 36.4 Å². The zero-order valence-corrected chi connectivity index (χ0v) is 17.7. The van der Waals surface area contributed by atoms with E-state index in [4.69, 9.17) is 29.3 Å². The molecule has 4 aliphatic rings. The summed E-state index contributed by atoms with van der Waals surface area (Å²) in [6.07, 6.45) is 2.26. The van der Waals surface area contributed by atoms with Crippen LogP contribution in [0.5, 0.6) is 11.5 Å². The minimum Gasteiger partial charge on any atom is -0.473 e. The van der Waals surface area contributed by atoms with Gasteiger partial charge in [0, 0.05) is 17.7 Å². The van der Waals surface area contributed by atoms with Gasteiger partial charge in [0.15, 0.2) is 0 Å². The van der Waals surface area contributed by atoms with Crippen LogP contribution in [-0.2, 0) is 24.5 Å². The van der Waals surface area contributed by atoms with E-state index in [1.807, 2.05) is 55.5 Å². The molecular weight excluding hydrogens is 414 g/mol. The molecule has 2 bridgehead atoms. The largest absolute Gasteiger partial charge is 0.473 e. The topological polar surface area (TPSA) is 113 Å². The zero-order valence-electron chi connectivity index (χ0n) is 17.7. The molecule has 0 aromatic heterocycles. The second-order valence-electron chi connectivity index (χ2n) is 8.41. The van der Waals surface area contributed by atoms with Crippen LogP contribution in [0.4, 0.5) is 0 Å². The average Bonchev–Trinajstić information content (AvgIpc) is 2.80. The van der Waals surface area contributed by atoms with Crippen molar-refractivity contribution in [1.29, 1.82) is 0 Å². The van der Waals surface area contributed by atoms with Crippen LogP contribution < -0.4 is 4.74 Å². The second kappa shape index (κ2) is 8.63. The first-order valence-corrected chi connectivity index (χ1v) is 10.6. The van der Waals surface area contributed by atoms with Crippen molar-refractivity contribution in [2.75, 3.05) is 19.6 Å². The van der Waals surface area contributed by atoms with E-state index >= 15 is 0 Å². The van der Waals surface area contributed by atoms with Crippen LogP contribution in [0.2, 0.25) is 0 Å². The van der Waals surface area contributed by atoms with Crippen molar-refractivity contribution in [3.8, 4) is 11.5 Å². The van der Waals surface area contributed by atoms with E-state index in [0.717, 1.165) is 55.1 Å². The Labute approximate surface area is 185 Å². The van der Waals surface area contributed by atoms with Gasteiger partial charge in [-0.05, 0) is 50.9 Å². The molecule has 0 aliphatic carbocycles. The number of rotatable bonds is 2. The van der Waals surface area contributed by atoms with Crippen molar-refractivity contribution in [2.45, 2.75) is 31.3 Å². The number of fused-ring (bicyclic) bond motifs is 5. The summed E-state index contributed by atoms with van der Waals surface area (Å²) in [5.74, 6) is -1.85. The fourth-order valence-corrected chi connectivity index (χ4v) is 4.72. The molecule has 3 fully saturated rings. The third-order valence-electron chi connectivity index (χ3n) is 6.52. The molecule has 0 unspecified atom stereocenters. The molecule has 0 spiro atoms. The zero-order chi connectivity index (χ0) is 22.9. The minimum atomic E-state index is -1.82. The molecule has 0 radical (unpaired) electrons. The van der Waals surface area contributed by atoms with Crippen LogP contribution in [-0.4, -0.2) is 58.8 Å². The highest BCUT2D eigenvalue weighted by atomic mass is 16.5. The van der Waals surface area contributed by atoms with E-state index in [0.29, 0.717) is 5.92 Å². The number of esters is 1.